The average molecular weight is 221 g/mol. The van der Waals surface area contributed by atoms with Crippen molar-refractivity contribution in [2.24, 2.45) is 0 Å². The third-order valence-corrected chi connectivity index (χ3v) is 2.97. The molecular weight excluding hydrogens is 202 g/mol. The fraction of sp³-hybridized carbons (Fsp3) is 0.538. The van der Waals surface area contributed by atoms with Crippen LogP contribution < -0.4 is 9.64 Å². The van der Waals surface area contributed by atoms with Crippen molar-refractivity contribution in [2.45, 2.75) is 25.9 Å². The number of nitrogens with zero attached hydrogens (tertiary/aromatic N) is 1. The van der Waals surface area contributed by atoms with Crippen LogP contribution in [0.3, 0.4) is 0 Å². The summed E-state index contributed by atoms with van der Waals surface area (Å²) < 4.78 is 5.89. The van der Waals surface area contributed by atoms with Crippen molar-refractivity contribution in [3.05, 3.63) is 24.3 Å². The number of anilines is 1. The van der Waals surface area contributed by atoms with E-state index in [-0.39, 0.29) is 12.7 Å². The Kier molecular flexibility index (Phi) is 3.67. The van der Waals surface area contributed by atoms with Crippen molar-refractivity contribution in [3.8, 4) is 5.75 Å². The van der Waals surface area contributed by atoms with E-state index in [1.807, 2.05) is 18.2 Å². The van der Waals surface area contributed by atoms with E-state index in [2.05, 4.69) is 17.9 Å². The molecule has 3 heteroatoms. The van der Waals surface area contributed by atoms with Gasteiger partial charge in [-0.25, -0.2) is 0 Å². The Labute approximate surface area is 96.6 Å². The lowest BCUT2D eigenvalue weighted by molar-refractivity contribution is 0.187. The number of para-hydroxylation sites is 2. The van der Waals surface area contributed by atoms with E-state index in [9.17, 15) is 0 Å². The van der Waals surface area contributed by atoms with Crippen LogP contribution in [0.1, 0.15) is 19.8 Å². The summed E-state index contributed by atoms with van der Waals surface area (Å²) in [6, 6.07) is 8.13. The van der Waals surface area contributed by atoms with Gasteiger partial charge >= 0.3 is 0 Å². The molecule has 0 saturated heterocycles. The van der Waals surface area contributed by atoms with Gasteiger partial charge in [-0.05, 0) is 25.0 Å². The molecule has 0 spiro atoms. The van der Waals surface area contributed by atoms with Gasteiger partial charge in [0.2, 0.25) is 0 Å². The highest BCUT2D eigenvalue weighted by molar-refractivity contribution is 5.60. The summed E-state index contributed by atoms with van der Waals surface area (Å²) in [5.41, 5.74) is 1.15. The third kappa shape index (κ3) is 2.30. The SMILES string of the molecule is CC[C@@H]1CN(CCCO)c2ccccc2O1. The summed E-state index contributed by atoms with van der Waals surface area (Å²) >= 11 is 0. The molecule has 0 saturated carbocycles. The predicted molar refractivity (Wildman–Crippen MR) is 65.1 cm³/mol. The summed E-state index contributed by atoms with van der Waals surface area (Å²) in [5, 5.41) is 8.91. The number of ether oxygens (including phenoxy) is 1. The monoisotopic (exact) mass is 221 g/mol. The average Bonchev–Trinajstić information content (AvgIpc) is 2.35. The highest BCUT2D eigenvalue weighted by atomic mass is 16.5. The second-order valence-corrected chi connectivity index (χ2v) is 4.14. The van der Waals surface area contributed by atoms with Crippen molar-refractivity contribution in [3.63, 3.8) is 0 Å². The zero-order chi connectivity index (χ0) is 11.4. The molecule has 1 aromatic rings. The number of hydrogen-bond acceptors (Lipinski definition) is 3. The summed E-state index contributed by atoms with van der Waals surface area (Å²) in [7, 11) is 0. The first-order valence-electron chi connectivity index (χ1n) is 5.96. The van der Waals surface area contributed by atoms with Gasteiger partial charge in [-0.1, -0.05) is 19.1 Å². The van der Waals surface area contributed by atoms with Crippen LogP contribution >= 0.6 is 0 Å². The Morgan fingerprint density at radius 3 is 3.00 bits per heavy atom. The molecule has 0 radical (unpaired) electrons. The third-order valence-electron chi connectivity index (χ3n) is 2.97. The van der Waals surface area contributed by atoms with Crippen molar-refractivity contribution < 1.29 is 9.84 Å². The molecule has 0 aromatic heterocycles. The van der Waals surface area contributed by atoms with Crippen LogP contribution in [0, 0.1) is 0 Å². The molecule has 1 aliphatic heterocycles. The Balaban J connectivity index is 2.17. The highest BCUT2D eigenvalue weighted by Gasteiger charge is 2.23. The topological polar surface area (TPSA) is 32.7 Å². The second kappa shape index (κ2) is 5.21. The molecule has 1 heterocycles. The first-order valence-corrected chi connectivity index (χ1v) is 5.96. The number of rotatable bonds is 4. The summed E-state index contributed by atoms with van der Waals surface area (Å²) in [6.07, 6.45) is 2.10. The van der Waals surface area contributed by atoms with Crippen LogP contribution in [0.5, 0.6) is 5.75 Å². The Morgan fingerprint density at radius 2 is 2.25 bits per heavy atom. The molecule has 1 N–H and O–H groups in total. The van der Waals surface area contributed by atoms with E-state index in [0.717, 1.165) is 37.4 Å². The second-order valence-electron chi connectivity index (χ2n) is 4.14. The first-order chi connectivity index (χ1) is 7.85. The van der Waals surface area contributed by atoms with Crippen molar-refractivity contribution in [2.75, 3.05) is 24.6 Å². The number of hydrogen-bond donors (Lipinski definition) is 1. The minimum absolute atomic E-state index is 0.246. The summed E-state index contributed by atoms with van der Waals surface area (Å²) in [5.74, 6) is 0.971. The number of aliphatic hydroxyl groups is 1. The van der Waals surface area contributed by atoms with Crippen LogP contribution in [0.25, 0.3) is 0 Å². The fourth-order valence-electron chi connectivity index (χ4n) is 2.06. The van der Waals surface area contributed by atoms with E-state index in [0.29, 0.717) is 0 Å². The molecule has 16 heavy (non-hydrogen) atoms. The summed E-state index contributed by atoms with van der Waals surface area (Å²) in [4.78, 5) is 2.31. The number of fused-ring (bicyclic) bond motifs is 1. The van der Waals surface area contributed by atoms with Gasteiger partial charge in [0.15, 0.2) is 0 Å². The van der Waals surface area contributed by atoms with E-state index in [1.165, 1.54) is 0 Å². The fourth-order valence-corrected chi connectivity index (χ4v) is 2.06. The molecule has 0 unspecified atom stereocenters. The molecule has 3 nitrogen and oxygen atoms in total. The zero-order valence-corrected chi connectivity index (χ0v) is 9.72. The van der Waals surface area contributed by atoms with Crippen LogP contribution in [0.15, 0.2) is 24.3 Å². The first kappa shape index (κ1) is 11.3. The molecule has 1 aliphatic rings. The molecule has 2 rings (SSSR count). The Bertz CT molecular complexity index is 340. The molecule has 0 amide bonds. The van der Waals surface area contributed by atoms with Crippen molar-refractivity contribution >= 4 is 5.69 Å². The smallest absolute Gasteiger partial charge is 0.143 e. The van der Waals surface area contributed by atoms with Gasteiger partial charge in [0.25, 0.3) is 0 Å². The van der Waals surface area contributed by atoms with Gasteiger partial charge in [-0.3, -0.25) is 0 Å². The standard InChI is InChI=1S/C13H19NO2/c1-2-11-10-14(8-5-9-15)12-6-3-4-7-13(12)16-11/h3-4,6-7,11,15H,2,5,8-10H2,1H3/t11-/m1/s1. The van der Waals surface area contributed by atoms with E-state index >= 15 is 0 Å². The lowest BCUT2D eigenvalue weighted by Gasteiger charge is -2.36. The van der Waals surface area contributed by atoms with E-state index in [1.54, 1.807) is 0 Å². The van der Waals surface area contributed by atoms with Gasteiger partial charge in [0.1, 0.15) is 11.9 Å². The zero-order valence-electron chi connectivity index (χ0n) is 9.72. The molecule has 0 bridgehead atoms. The molecular formula is C13H19NO2. The van der Waals surface area contributed by atoms with Gasteiger partial charge in [0.05, 0.1) is 12.2 Å². The van der Waals surface area contributed by atoms with E-state index < -0.39 is 0 Å². The quantitative estimate of drug-likeness (QED) is 0.844. The van der Waals surface area contributed by atoms with E-state index in [4.69, 9.17) is 9.84 Å². The van der Waals surface area contributed by atoms with Gasteiger partial charge in [0, 0.05) is 13.2 Å². The predicted octanol–water partition coefficient (Wildman–Crippen LogP) is 2.05. The number of benzene rings is 1. The molecule has 88 valence electrons. The highest BCUT2D eigenvalue weighted by Crippen LogP contribution is 2.33. The largest absolute Gasteiger partial charge is 0.486 e. The minimum atomic E-state index is 0.246. The molecule has 1 aromatic carbocycles. The van der Waals surface area contributed by atoms with Crippen LogP contribution in [0.2, 0.25) is 0 Å². The lowest BCUT2D eigenvalue weighted by atomic mass is 10.1. The maximum Gasteiger partial charge on any atom is 0.143 e. The van der Waals surface area contributed by atoms with Crippen LogP contribution in [0.4, 0.5) is 5.69 Å². The maximum atomic E-state index is 8.91. The normalized spacial score (nSPS) is 19.1. The summed E-state index contributed by atoms with van der Waals surface area (Å²) in [6.45, 7) is 4.21. The maximum absolute atomic E-state index is 8.91. The minimum Gasteiger partial charge on any atom is -0.486 e. The van der Waals surface area contributed by atoms with Gasteiger partial charge in [-0.2, -0.15) is 0 Å². The van der Waals surface area contributed by atoms with Gasteiger partial charge < -0.3 is 14.7 Å². The van der Waals surface area contributed by atoms with Crippen LogP contribution in [-0.4, -0.2) is 30.9 Å². The lowest BCUT2D eigenvalue weighted by Crippen LogP contribution is -2.40. The molecule has 0 fully saturated rings. The van der Waals surface area contributed by atoms with Gasteiger partial charge in [-0.15, -0.1) is 0 Å². The van der Waals surface area contributed by atoms with Crippen LogP contribution in [-0.2, 0) is 0 Å². The Morgan fingerprint density at radius 1 is 1.44 bits per heavy atom. The van der Waals surface area contributed by atoms with Crippen molar-refractivity contribution in [1.29, 1.82) is 0 Å². The molecule has 1 atom stereocenters. The number of aliphatic hydroxyl groups excluding tert-OH is 1. The molecule has 0 aliphatic carbocycles. The Hall–Kier alpha value is -1.22. The van der Waals surface area contributed by atoms with Crippen molar-refractivity contribution in [1.82, 2.24) is 0 Å².